The molecule has 74 valence electrons. The standard InChI is InChI=1S/C9H10FN3O/c10-8-7(12-13-9(8)11)4-3-6-2-1-5-14-6/h1-2,5H,3-4H2,(H3,11,12,13). The maximum atomic E-state index is 13.1. The van der Waals surface area contributed by atoms with Gasteiger partial charge in [0, 0.05) is 6.42 Å². The van der Waals surface area contributed by atoms with Crippen LogP contribution in [0.25, 0.3) is 0 Å². The van der Waals surface area contributed by atoms with Crippen molar-refractivity contribution >= 4 is 5.82 Å². The normalized spacial score (nSPS) is 10.6. The van der Waals surface area contributed by atoms with Crippen molar-refractivity contribution in [2.75, 3.05) is 5.73 Å². The zero-order chi connectivity index (χ0) is 9.97. The maximum absolute atomic E-state index is 13.1. The Morgan fingerprint density at radius 3 is 2.93 bits per heavy atom. The fourth-order valence-electron chi connectivity index (χ4n) is 1.25. The summed E-state index contributed by atoms with van der Waals surface area (Å²) in [6.07, 6.45) is 2.72. The van der Waals surface area contributed by atoms with E-state index in [2.05, 4.69) is 10.2 Å². The van der Waals surface area contributed by atoms with E-state index in [1.165, 1.54) is 0 Å². The van der Waals surface area contributed by atoms with Gasteiger partial charge in [0.25, 0.3) is 0 Å². The summed E-state index contributed by atoms with van der Waals surface area (Å²) >= 11 is 0. The maximum Gasteiger partial charge on any atom is 0.187 e. The number of nitrogens with zero attached hydrogens (tertiary/aromatic N) is 1. The summed E-state index contributed by atoms with van der Waals surface area (Å²) in [5, 5.41) is 6.11. The lowest BCUT2D eigenvalue weighted by Gasteiger charge is -1.94. The topological polar surface area (TPSA) is 67.8 Å². The Morgan fingerprint density at radius 1 is 1.50 bits per heavy atom. The molecule has 2 aromatic rings. The highest BCUT2D eigenvalue weighted by Gasteiger charge is 2.10. The lowest BCUT2D eigenvalue weighted by molar-refractivity contribution is 0.504. The molecule has 0 aliphatic carbocycles. The van der Waals surface area contributed by atoms with Gasteiger partial charge >= 0.3 is 0 Å². The highest BCUT2D eigenvalue weighted by Crippen LogP contribution is 2.13. The quantitative estimate of drug-likeness (QED) is 0.780. The molecule has 14 heavy (non-hydrogen) atoms. The third-order valence-corrected chi connectivity index (χ3v) is 2.00. The first-order valence-electron chi connectivity index (χ1n) is 4.28. The number of anilines is 1. The number of furan rings is 1. The zero-order valence-corrected chi connectivity index (χ0v) is 7.46. The van der Waals surface area contributed by atoms with Gasteiger partial charge in [0.2, 0.25) is 0 Å². The lowest BCUT2D eigenvalue weighted by Crippen LogP contribution is -1.93. The summed E-state index contributed by atoms with van der Waals surface area (Å²) in [4.78, 5) is 0. The van der Waals surface area contributed by atoms with E-state index >= 15 is 0 Å². The Hall–Kier alpha value is -1.78. The molecule has 0 fully saturated rings. The van der Waals surface area contributed by atoms with Gasteiger partial charge < -0.3 is 10.2 Å². The molecule has 0 aliphatic rings. The van der Waals surface area contributed by atoms with Gasteiger partial charge in [0.05, 0.1) is 12.0 Å². The van der Waals surface area contributed by atoms with Crippen LogP contribution in [0.4, 0.5) is 10.2 Å². The Morgan fingerprint density at radius 2 is 2.36 bits per heavy atom. The number of nitrogens with one attached hydrogen (secondary N) is 1. The van der Waals surface area contributed by atoms with Gasteiger partial charge in [-0.05, 0) is 18.6 Å². The van der Waals surface area contributed by atoms with Crippen LogP contribution in [0.1, 0.15) is 11.5 Å². The van der Waals surface area contributed by atoms with Crippen molar-refractivity contribution in [3.63, 3.8) is 0 Å². The van der Waals surface area contributed by atoms with Gasteiger partial charge in [0.1, 0.15) is 5.76 Å². The minimum Gasteiger partial charge on any atom is -0.469 e. The molecule has 0 unspecified atom stereocenters. The van der Waals surface area contributed by atoms with Crippen molar-refractivity contribution in [3.8, 4) is 0 Å². The van der Waals surface area contributed by atoms with Gasteiger partial charge in [-0.25, -0.2) is 4.39 Å². The number of nitrogen functional groups attached to an aromatic ring is 1. The van der Waals surface area contributed by atoms with Crippen molar-refractivity contribution in [1.82, 2.24) is 10.2 Å². The summed E-state index contributed by atoms with van der Waals surface area (Å²) in [7, 11) is 0. The smallest absolute Gasteiger partial charge is 0.187 e. The van der Waals surface area contributed by atoms with Crippen molar-refractivity contribution in [2.45, 2.75) is 12.8 Å². The summed E-state index contributed by atoms with van der Waals surface area (Å²) < 4.78 is 18.3. The fourth-order valence-corrected chi connectivity index (χ4v) is 1.25. The van der Waals surface area contributed by atoms with E-state index in [1.807, 2.05) is 6.07 Å². The summed E-state index contributed by atoms with van der Waals surface area (Å²) in [6.45, 7) is 0. The molecule has 0 saturated carbocycles. The first kappa shape index (κ1) is 8.80. The second kappa shape index (κ2) is 3.53. The van der Waals surface area contributed by atoms with E-state index in [0.717, 1.165) is 5.76 Å². The molecule has 0 spiro atoms. The Kier molecular flexibility index (Phi) is 2.22. The van der Waals surface area contributed by atoms with Crippen LogP contribution in [0, 0.1) is 5.82 Å². The van der Waals surface area contributed by atoms with Crippen LogP contribution in [-0.4, -0.2) is 10.2 Å². The molecule has 0 atom stereocenters. The number of halogens is 1. The largest absolute Gasteiger partial charge is 0.469 e. The fraction of sp³-hybridized carbons (Fsp3) is 0.222. The number of H-pyrrole nitrogens is 1. The molecule has 0 radical (unpaired) electrons. The van der Waals surface area contributed by atoms with Crippen LogP contribution < -0.4 is 5.73 Å². The molecule has 0 bridgehead atoms. The number of rotatable bonds is 3. The average Bonchev–Trinajstić information content (AvgIpc) is 2.77. The molecule has 2 heterocycles. The second-order valence-electron chi connectivity index (χ2n) is 2.98. The summed E-state index contributed by atoms with van der Waals surface area (Å²) in [5.41, 5.74) is 5.66. The molecular formula is C9H10FN3O. The van der Waals surface area contributed by atoms with Gasteiger partial charge in [-0.1, -0.05) is 0 Å². The van der Waals surface area contributed by atoms with Crippen LogP contribution in [-0.2, 0) is 12.8 Å². The molecule has 0 aromatic carbocycles. The molecule has 2 rings (SSSR count). The Balaban J connectivity index is 2.02. The molecule has 4 nitrogen and oxygen atoms in total. The zero-order valence-electron chi connectivity index (χ0n) is 7.46. The lowest BCUT2D eigenvalue weighted by atomic mass is 10.2. The SMILES string of the molecule is Nc1n[nH]c(CCc2ccco2)c1F. The molecule has 0 aliphatic heterocycles. The highest BCUT2D eigenvalue weighted by atomic mass is 19.1. The van der Waals surface area contributed by atoms with Crippen molar-refractivity contribution in [2.24, 2.45) is 0 Å². The van der Waals surface area contributed by atoms with Crippen LogP contribution >= 0.6 is 0 Å². The average molecular weight is 195 g/mol. The summed E-state index contributed by atoms with van der Waals surface area (Å²) in [5.74, 6) is 0.272. The van der Waals surface area contributed by atoms with Crippen molar-refractivity contribution < 1.29 is 8.81 Å². The molecule has 0 amide bonds. The number of nitrogens with two attached hydrogens (primary N) is 1. The number of hydrogen-bond donors (Lipinski definition) is 2. The monoisotopic (exact) mass is 195 g/mol. The Bertz CT molecular complexity index is 408. The van der Waals surface area contributed by atoms with Gasteiger partial charge in [0.15, 0.2) is 11.6 Å². The molecule has 5 heteroatoms. The van der Waals surface area contributed by atoms with E-state index in [1.54, 1.807) is 12.3 Å². The van der Waals surface area contributed by atoms with Crippen LogP contribution in [0.3, 0.4) is 0 Å². The third-order valence-electron chi connectivity index (χ3n) is 2.00. The van der Waals surface area contributed by atoms with E-state index < -0.39 is 5.82 Å². The first-order valence-corrected chi connectivity index (χ1v) is 4.28. The first-order chi connectivity index (χ1) is 6.77. The van der Waals surface area contributed by atoms with Crippen LogP contribution in [0.2, 0.25) is 0 Å². The Labute approximate surface area is 79.9 Å². The van der Waals surface area contributed by atoms with E-state index in [9.17, 15) is 4.39 Å². The molecular weight excluding hydrogens is 185 g/mol. The minimum atomic E-state index is -0.462. The van der Waals surface area contributed by atoms with Gasteiger partial charge in [-0.2, -0.15) is 5.10 Å². The third kappa shape index (κ3) is 1.61. The number of aromatic amines is 1. The van der Waals surface area contributed by atoms with Crippen LogP contribution in [0.15, 0.2) is 22.8 Å². The predicted octanol–water partition coefficient (Wildman–Crippen LogP) is 1.51. The van der Waals surface area contributed by atoms with Crippen molar-refractivity contribution in [3.05, 3.63) is 35.7 Å². The highest BCUT2D eigenvalue weighted by molar-refractivity contribution is 5.31. The number of hydrogen-bond acceptors (Lipinski definition) is 3. The van der Waals surface area contributed by atoms with E-state index in [-0.39, 0.29) is 5.82 Å². The second-order valence-corrected chi connectivity index (χ2v) is 2.98. The predicted molar refractivity (Wildman–Crippen MR) is 49.1 cm³/mol. The molecule has 3 N–H and O–H groups in total. The van der Waals surface area contributed by atoms with Crippen LogP contribution in [0.5, 0.6) is 0 Å². The molecule has 2 aromatic heterocycles. The van der Waals surface area contributed by atoms with E-state index in [4.69, 9.17) is 10.2 Å². The summed E-state index contributed by atoms with van der Waals surface area (Å²) in [6, 6.07) is 3.64. The van der Waals surface area contributed by atoms with Gasteiger partial charge in [-0.15, -0.1) is 0 Å². The van der Waals surface area contributed by atoms with Crippen molar-refractivity contribution in [1.29, 1.82) is 0 Å². The van der Waals surface area contributed by atoms with E-state index in [0.29, 0.717) is 18.5 Å². The number of aryl methyl sites for hydroxylation is 2. The minimum absolute atomic E-state index is 0.0838. The molecule has 0 saturated heterocycles. The number of aromatic nitrogens is 2. The van der Waals surface area contributed by atoms with Gasteiger partial charge in [-0.3, -0.25) is 5.10 Å².